The number of anilines is 1. The van der Waals surface area contributed by atoms with Crippen molar-refractivity contribution in [3.05, 3.63) is 22.8 Å². The van der Waals surface area contributed by atoms with Gasteiger partial charge >= 0.3 is 5.97 Å². The van der Waals surface area contributed by atoms with E-state index >= 15 is 0 Å². The molecule has 1 aliphatic rings. The molecule has 92 valence electrons. The first kappa shape index (κ1) is 12.1. The molecule has 0 spiro atoms. The lowest BCUT2D eigenvalue weighted by molar-refractivity contribution is 0.0697. The maximum absolute atomic E-state index is 10.9. The minimum Gasteiger partial charge on any atom is -0.478 e. The highest BCUT2D eigenvalue weighted by Crippen LogP contribution is 2.21. The van der Waals surface area contributed by atoms with E-state index in [0.717, 1.165) is 19.4 Å². The van der Waals surface area contributed by atoms with Crippen LogP contribution in [0.1, 0.15) is 23.2 Å². The molecule has 1 aromatic rings. The minimum atomic E-state index is -1.03. The number of β-amino-alcohol motifs (C(OH)–C–C–N with tert-alkyl or cyclic N) is 1. The number of rotatable bonds is 2. The topological polar surface area (TPSA) is 73.7 Å². The molecular formula is C11H13ClN2O3. The second-order valence-corrected chi connectivity index (χ2v) is 4.47. The monoisotopic (exact) mass is 256 g/mol. The molecule has 1 atom stereocenters. The Morgan fingerprint density at radius 1 is 1.53 bits per heavy atom. The molecule has 0 aromatic carbocycles. The molecule has 1 saturated heterocycles. The molecule has 1 unspecified atom stereocenters. The third-order valence-electron chi connectivity index (χ3n) is 2.75. The van der Waals surface area contributed by atoms with E-state index < -0.39 is 12.1 Å². The molecule has 1 aromatic heterocycles. The summed E-state index contributed by atoms with van der Waals surface area (Å²) in [5, 5.41) is 18.7. The summed E-state index contributed by atoms with van der Waals surface area (Å²) in [6, 6.07) is 2.79. The van der Waals surface area contributed by atoms with Crippen LogP contribution < -0.4 is 4.90 Å². The minimum absolute atomic E-state index is 0.111. The van der Waals surface area contributed by atoms with Crippen molar-refractivity contribution in [3.63, 3.8) is 0 Å². The lowest BCUT2D eigenvalue weighted by Gasteiger charge is -2.31. The van der Waals surface area contributed by atoms with Crippen molar-refractivity contribution in [2.75, 3.05) is 18.0 Å². The van der Waals surface area contributed by atoms with Gasteiger partial charge in [0.05, 0.1) is 11.7 Å². The SMILES string of the molecule is O=C(O)c1cc(Cl)nc(N2CCCC(O)C2)c1. The highest BCUT2D eigenvalue weighted by Gasteiger charge is 2.20. The van der Waals surface area contributed by atoms with E-state index in [1.54, 1.807) is 0 Å². The van der Waals surface area contributed by atoms with Crippen molar-refractivity contribution >= 4 is 23.4 Å². The van der Waals surface area contributed by atoms with Gasteiger partial charge in [0, 0.05) is 13.1 Å². The van der Waals surface area contributed by atoms with E-state index in [0.29, 0.717) is 12.4 Å². The van der Waals surface area contributed by atoms with Gasteiger partial charge in [-0.05, 0) is 25.0 Å². The van der Waals surface area contributed by atoms with Gasteiger partial charge in [-0.25, -0.2) is 9.78 Å². The van der Waals surface area contributed by atoms with Crippen LogP contribution in [0.5, 0.6) is 0 Å². The predicted octanol–water partition coefficient (Wildman–Crippen LogP) is 1.39. The maximum atomic E-state index is 10.9. The lowest BCUT2D eigenvalue weighted by Crippen LogP contribution is -2.38. The number of carbonyl (C=O) groups is 1. The van der Waals surface area contributed by atoms with Gasteiger partial charge in [-0.1, -0.05) is 11.6 Å². The molecule has 5 nitrogen and oxygen atoms in total. The van der Waals surface area contributed by atoms with Gasteiger partial charge in [-0.2, -0.15) is 0 Å². The number of halogens is 1. The number of carboxylic acid groups (broad SMARTS) is 1. The number of aromatic nitrogens is 1. The lowest BCUT2D eigenvalue weighted by atomic mass is 10.1. The molecule has 1 fully saturated rings. The van der Waals surface area contributed by atoms with Gasteiger partial charge in [0.15, 0.2) is 0 Å². The summed E-state index contributed by atoms with van der Waals surface area (Å²) in [6.45, 7) is 1.22. The van der Waals surface area contributed by atoms with E-state index in [4.69, 9.17) is 16.7 Å². The van der Waals surface area contributed by atoms with Gasteiger partial charge < -0.3 is 15.1 Å². The molecule has 2 heterocycles. The smallest absolute Gasteiger partial charge is 0.335 e. The average molecular weight is 257 g/mol. The number of piperidine rings is 1. The van der Waals surface area contributed by atoms with Crippen LogP contribution in [0.2, 0.25) is 5.15 Å². The molecule has 17 heavy (non-hydrogen) atoms. The molecule has 0 amide bonds. The van der Waals surface area contributed by atoms with Gasteiger partial charge in [0.25, 0.3) is 0 Å². The molecule has 2 rings (SSSR count). The van der Waals surface area contributed by atoms with E-state index in [1.807, 2.05) is 4.90 Å². The van der Waals surface area contributed by atoms with Crippen LogP contribution in [0.4, 0.5) is 5.82 Å². The summed E-state index contributed by atoms with van der Waals surface area (Å²) >= 11 is 5.79. The summed E-state index contributed by atoms with van der Waals surface area (Å²) in [5.74, 6) is -0.526. The van der Waals surface area contributed by atoms with Gasteiger partial charge in [0.2, 0.25) is 0 Å². The van der Waals surface area contributed by atoms with E-state index in [9.17, 15) is 9.90 Å². The Labute approximate surface area is 104 Å². The highest BCUT2D eigenvalue weighted by atomic mass is 35.5. The van der Waals surface area contributed by atoms with E-state index in [-0.39, 0.29) is 10.7 Å². The van der Waals surface area contributed by atoms with Gasteiger partial charge in [-0.3, -0.25) is 0 Å². The number of hydrogen-bond donors (Lipinski definition) is 2. The Hall–Kier alpha value is -1.33. The molecule has 6 heteroatoms. The fourth-order valence-corrected chi connectivity index (χ4v) is 2.14. The van der Waals surface area contributed by atoms with Crippen LogP contribution in [0, 0.1) is 0 Å². The number of pyridine rings is 1. The first-order valence-corrected chi connectivity index (χ1v) is 5.78. The number of aliphatic hydroxyl groups is 1. The molecule has 0 aliphatic carbocycles. The van der Waals surface area contributed by atoms with Gasteiger partial charge in [-0.15, -0.1) is 0 Å². The zero-order valence-corrected chi connectivity index (χ0v) is 9.89. The summed E-state index contributed by atoms with van der Waals surface area (Å²) in [5.41, 5.74) is 0.111. The number of nitrogens with zero attached hydrogens (tertiary/aromatic N) is 2. The summed E-state index contributed by atoms with van der Waals surface area (Å²) in [4.78, 5) is 16.8. The number of aromatic carboxylic acids is 1. The largest absolute Gasteiger partial charge is 0.478 e. The number of hydrogen-bond acceptors (Lipinski definition) is 4. The molecule has 2 N–H and O–H groups in total. The number of aliphatic hydroxyl groups excluding tert-OH is 1. The standard InChI is InChI=1S/C11H13ClN2O3/c12-9-4-7(11(16)17)5-10(13-9)14-3-1-2-8(15)6-14/h4-5,8,15H,1-3,6H2,(H,16,17). The zero-order chi connectivity index (χ0) is 12.4. The first-order valence-electron chi connectivity index (χ1n) is 5.40. The molecular weight excluding hydrogens is 244 g/mol. The second-order valence-electron chi connectivity index (χ2n) is 4.08. The van der Waals surface area contributed by atoms with Crippen LogP contribution >= 0.6 is 11.6 Å². The normalized spacial score (nSPS) is 20.4. The molecule has 0 bridgehead atoms. The first-order chi connectivity index (χ1) is 8.06. The Morgan fingerprint density at radius 2 is 2.29 bits per heavy atom. The van der Waals surface area contributed by atoms with Crippen molar-refractivity contribution in [2.45, 2.75) is 18.9 Å². The zero-order valence-electron chi connectivity index (χ0n) is 9.14. The quantitative estimate of drug-likeness (QED) is 0.783. The third-order valence-corrected chi connectivity index (χ3v) is 2.94. The van der Waals surface area contributed by atoms with Crippen molar-refractivity contribution < 1.29 is 15.0 Å². The predicted molar refractivity (Wildman–Crippen MR) is 63.7 cm³/mol. The summed E-state index contributed by atoms with van der Waals surface area (Å²) in [6.07, 6.45) is 1.23. The van der Waals surface area contributed by atoms with Crippen molar-refractivity contribution in [1.82, 2.24) is 4.98 Å². The molecule has 0 saturated carbocycles. The average Bonchev–Trinajstić information content (AvgIpc) is 2.28. The van der Waals surface area contributed by atoms with Crippen LogP contribution in [0.15, 0.2) is 12.1 Å². The van der Waals surface area contributed by atoms with E-state index in [1.165, 1.54) is 12.1 Å². The van der Waals surface area contributed by atoms with Crippen molar-refractivity contribution in [1.29, 1.82) is 0 Å². The van der Waals surface area contributed by atoms with Crippen molar-refractivity contribution in [3.8, 4) is 0 Å². The Bertz CT molecular complexity index is 439. The van der Waals surface area contributed by atoms with Crippen molar-refractivity contribution in [2.24, 2.45) is 0 Å². The Balaban J connectivity index is 2.28. The third kappa shape index (κ3) is 2.87. The van der Waals surface area contributed by atoms with E-state index in [2.05, 4.69) is 4.98 Å². The summed E-state index contributed by atoms with van der Waals surface area (Å²) in [7, 11) is 0. The molecule has 1 aliphatic heterocycles. The Kier molecular flexibility index (Phi) is 3.49. The maximum Gasteiger partial charge on any atom is 0.335 e. The Morgan fingerprint density at radius 3 is 2.94 bits per heavy atom. The van der Waals surface area contributed by atoms with Crippen LogP contribution in [0.3, 0.4) is 0 Å². The molecule has 0 radical (unpaired) electrons. The fourth-order valence-electron chi connectivity index (χ4n) is 1.93. The van der Waals surface area contributed by atoms with Crippen LogP contribution in [-0.2, 0) is 0 Å². The van der Waals surface area contributed by atoms with Crippen LogP contribution in [-0.4, -0.2) is 40.4 Å². The number of carboxylic acids is 1. The highest BCUT2D eigenvalue weighted by molar-refractivity contribution is 6.29. The van der Waals surface area contributed by atoms with Crippen LogP contribution in [0.25, 0.3) is 0 Å². The second kappa shape index (κ2) is 4.89. The van der Waals surface area contributed by atoms with Gasteiger partial charge in [0.1, 0.15) is 11.0 Å². The fraction of sp³-hybridized carbons (Fsp3) is 0.455. The summed E-state index contributed by atoms with van der Waals surface area (Å²) < 4.78 is 0.